The summed E-state index contributed by atoms with van der Waals surface area (Å²) in [4.78, 5) is 11.3. The van der Waals surface area contributed by atoms with Crippen molar-refractivity contribution in [2.24, 2.45) is 0 Å². The van der Waals surface area contributed by atoms with E-state index < -0.39 is 36.0 Å². The quantitative estimate of drug-likeness (QED) is 0.859. The summed E-state index contributed by atoms with van der Waals surface area (Å²) >= 11 is 0. The third-order valence-corrected chi connectivity index (χ3v) is 2.23. The van der Waals surface area contributed by atoms with Gasteiger partial charge in [-0.1, -0.05) is 12.1 Å². The van der Waals surface area contributed by atoms with Crippen LogP contribution in [0.4, 0.5) is 13.2 Å². The van der Waals surface area contributed by atoms with Crippen LogP contribution in [0, 0.1) is 0 Å². The van der Waals surface area contributed by atoms with E-state index in [9.17, 15) is 18.0 Å². The zero-order valence-electron chi connectivity index (χ0n) is 10.2. The van der Waals surface area contributed by atoms with Crippen molar-refractivity contribution in [3.63, 3.8) is 0 Å². The first-order chi connectivity index (χ1) is 8.84. The molecule has 0 saturated carbocycles. The van der Waals surface area contributed by atoms with Crippen LogP contribution in [0.25, 0.3) is 0 Å². The average molecular weight is 277 g/mol. The minimum absolute atomic E-state index is 0.259. The molecule has 0 saturated heterocycles. The molecule has 1 rings (SSSR count). The maximum Gasteiger partial charge on any atom is 0.419 e. The summed E-state index contributed by atoms with van der Waals surface area (Å²) in [6, 6.07) is 4.17. The number of ether oxygens (including phenoxy) is 1. The van der Waals surface area contributed by atoms with E-state index in [1.54, 1.807) is 6.92 Å². The van der Waals surface area contributed by atoms with Crippen LogP contribution in [0.5, 0.6) is 5.75 Å². The van der Waals surface area contributed by atoms with Gasteiger partial charge in [-0.25, -0.2) is 0 Å². The van der Waals surface area contributed by atoms with Crippen molar-refractivity contribution in [1.82, 2.24) is 5.32 Å². The van der Waals surface area contributed by atoms with E-state index in [4.69, 9.17) is 9.84 Å². The predicted molar refractivity (Wildman–Crippen MR) is 61.6 cm³/mol. The van der Waals surface area contributed by atoms with Gasteiger partial charge in [0.15, 0.2) is 6.61 Å². The molecular formula is C12H14F3NO3. The van der Waals surface area contributed by atoms with E-state index >= 15 is 0 Å². The second-order valence-electron chi connectivity index (χ2n) is 3.93. The van der Waals surface area contributed by atoms with Crippen molar-refractivity contribution < 1.29 is 27.8 Å². The van der Waals surface area contributed by atoms with Crippen molar-refractivity contribution in [3.05, 3.63) is 29.8 Å². The molecule has 2 N–H and O–H groups in total. The molecule has 0 aliphatic carbocycles. The summed E-state index contributed by atoms with van der Waals surface area (Å²) in [6.45, 7) is 0.754. The molecule has 1 aromatic rings. The fraction of sp³-hybridized carbons (Fsp3) is 0.417. The number of nitrogens with one attached hydrogen (secondary N) is 1. The molecule has 106 valence electrons. The Morgan fingerprint density at radius 2 is 2.05 bits per heavy atom. The zero-order chi connectivity index (χ0) is 14.5. The summed E-state index contributed by atoms with van der Waals surface area (Å²) in [5, 5.41) is 11.1. The monoisotopic (exact) mass is 277 g/mol. The molecule has 0 aromatic heterocycles. The van der Waals surface area contributed by atoms with Gasteiger partial charge in [0.2, 0.25) is 0 Å². The molecule has 0 spiro atoms. The molecule has 4 nitrogen and oxygen atoms in total. The van der Waals surface area contributed by atoms with Gasteiger partial charge in [0.25, 0.3) is 5.91 Å². The Morgan fingerprint density at radius 3 is 2.63 bits per heavy atom. The molecule has 1 unspecified atom stereocenters. The molecule has 19 heavy (non-hydrogen) atoms. The van der Waals surface area contributed by atoms with Gasteiger partial charge in [0.05, 0.1) is 12.2 Å². The zero-order valence-corrected chi connectivity index (χ0v) is 10.2. The lowest BCUT2D eigenvalue weighted by atomic mass is 10.2. The molecule has 1 amide bonds. The number of carbonyl (C=O) groups is 1. The van der Waals surface area contributed by atoms with Crippen LogP contribution in [0.1, 0.15) is 12.5 Å². The lowest BCUT2D eigenvalue weighted by Crippen LogP contribution is -2.38. The number of hydrogen-bond acceptors (Lipinski definition) is 3. The molecular weight excluding hydrogens is 263 g/mol. The van der Waals surface area contributed by atoms with E-state index in [0.717, 1.165) is 12.1 Å². The lowest BCUT2D eigenvalue weighted by Gasteiger charge is -2.14. The minimum Gasteiger partial charge on any atom is -0.483 e. The summed E-state index contributed by atoms with van der Waals surface area (Å²) in [6.07, 6.45) is -4.54. The van der Waals surface area contributed by atoms with Gasteiger partial charge in [0, 0.05) is 6.04 Å². The van der Waals surface area contributed by atoms with Crippen LogP contribution in [0.2, 0.25) is 0 Å². The Balaban J connectivity index is 2.66. The number of rotatable bonds is 5. The van der Waals surface area contributed by atoms with E-state index in [1.165, 1.54) is 12.1 Å². The van der Waals surface area contributed by atoms with Gasteiger partial charge in [-0.15, -0.1) is 0 Å². The van der Waals surface area contributed by atoms with E-state index in [2.05, 4.69) is 5.32 Å². The van der Waals surface area contributed by atoms with E-state index in [-0.39, 0.29) is 6.61 Å². The molecule has 7 heteroatoms. The lowest BCUT2D eigenvalue weighted by molar-refractivity contribution is -0.139. The topological polar surface area (TPSA) is 58.6 Å². The maximum absolute atomic E-state index is 12.6. The van der Waals surface area contributed by atoms with Crippen molar-refractivity contribution >= 4 is 5.91 Å². The number of benzene rings is 1. The second kappa shape index (κ2) is 6.42. The van der Waals surface area contributed by atoms with Gasteiger partial charge in [-0.3, -0.25) is 4.79 Å². The van der Waals surface area contributed by atoms with Crippen LogP contribution in [-0.2, 0) is 11.0 Å². The number of hydrogen-bond donors (Lipinski definition) is 2. The smallest absolute Gasteiger partial charge is 0.419 e. The molecule has 0 aliphatic rings. The SMILES string of the molecule is CC(CO)NC(=O)COc1ccccc1C(F)(F)F. The molecule has 0 bridgehead atoms. The fourth-order valence-electron chi connectivity index (χ4n) is 1.33. The Bertz CT molecular complexity index is 434. The molecule has 0 radical (unpaired) electrons. The maximum atomic E-state index is 12.6. The molecule has 0 heterocycles. The molecule has 1 atom stereocenters. The largest absolute Gasteiger partial charge is 0.483 e. The predicted octanol–water partition coefficient (Wildman–Crippen LogP) is 1.58. The molecule has 0 fully saturated rings. The van der Waals surface area contributed by atoms with Crippen molar-refractivity contribution in [2.45, 2.75) is 19.1 Å². The number of aliphatic hydroxyl groups is 1. The van der Waals surface area contributed by atoms with Crippen LogP contribution >= 0.6 is 0 Å². The highest BCUT2D eigenvalue weighted by molar-refractivity contribution is 5.77. The number of halogens is 3. The standard InChI is InChI=1S/C12H14F3NO3/c1-8(6-17)16-11(18)7-19-10-5-3-2-4-9(10)12(13,14)15/h2-5,8,17H,6-7H2,1H3,(H,16,18). The first-order valence-electron chi connectivity index (χ1n) is 5.54. The summed E-state index contributed by atoms with van der Waals surface area (Å²) in [7, 11) is 0. The fourth-order valence-corrected chi connectivity index (χ4v) is 1.33. The third-order valence-electron chi connectivity index (χ3n) is 2.23. The number of carbonyl (C=O) groups excluding carboxylic acids is 1. The average Bonchev–Trinajstić information content (AvgIpc) is 2.35. The Kier molecular flexibility index (Phi) is 5.17. The van der Waals surface area contributed by atoms with Gasteiger partial charge in [-0.05, 0) is 19.1 Å². The first-order valence-corrected chi connectivity index (χ1v) is 5.54. The third kappa shape index (κ3) is 4.78. The van der Waals surface area contributed by atoms with Gasteiger partial charge in [0.1, 0.15) is 5.75 Å². The second-order valence-corrected chi connectivity index (χ2v) is 3.93. The van der Waals surface area contributed by atoms with Crippen molar-refractivity contribution in [3.8, 4) is 5.75 Å². The molecule has 0 aliphatic heterocycles. The summed E-state index contributed by atoms with van der Waals surface area (Å²) in [5.74, 6) is -1.000. The van der Waals surface area contributed by atoms with Crippen LogP contribution in [-0.4, -0.2) is 30.3 Å². The number of amides is 1. The van der Waals surface area contributed by atoms with Crippen LogP contribution in [0.15, 0.2) is 24.3 Å². The van der Waals surface area contributed by atoms with Crippen LogP contribution in [0.3, 0.4) is 0 Å². The highest BCUT2D eigenvalue weighted by atomic mass is 19.4. The first kappa shape index (κ1) is 15.3. The van der Waals surface area contributed by atoms with Crippen molar-refractivity contribution in [2.75, 3.05) is 13.2 Å². The Hall–Kier alpha value is -1.76. The van der Waals surface area contributed by atoms with Gasteiger partial charge in [-0.2, -0.15) is 13.2 Å². The number of para-hydroxylation sites is 1. The number of alkyl halides is 3. The summed E-state index contributed by atoms with van der Waals surface area (Å²) in [5.41, 5.74) is -0.932. The van der Waals surface area contributed by atoms with Crippen LogP contribution < -0.4 is 10.1 Å². The normalized spacial score (nSPS) is 12.9. The van der Waals surface area contributed by atoms with Gasteiger partial charge >= 0.3 is 6.18 Å². The van der Waals surface area contributed by atoms with Crippen molar-refractivity contribution in [1.29, 1.82) is 0 Å². The minimum atomic E-state index is -4.54. The Morgan fingerprint density at radius 1 is 1.42 bits per heavy atom. The van der Waals surface area contributed by atoms with E-state index in [0.29, 0.717) is 0 Å². The molecule has 1 aromatic carbocycles. The number of aliphatic hydroxyl groups excluding tert-OH is 1. The Labute approximate surface area is 108 Å². The highest BCUT2D eigenvalue weighted by Crippen LogP contribution is 2.35. The van der Waals surface area contributed by atoms with Gasteiger partial charge < -0.3 is 15.2 Å². The van der Waals surface area contributed by atoms with E-state index in [1.807, 2.05) is 0 Å². The summed E-state index contributed by atoms with van der Waals surface area (Å²) < 4.78 is 42.7. The highest BCUT2D eigenvalue weighted by Gasteiger charge is 2.34.